The van der Waals surface area contributed by atoms with Gasteiger partial charge < -0.3 is 14.2 Å². The van der Waals surface area contributed by atoms with Gasteiger partial charge >= 0.3 is 17.9 Å². The lowest BCUT2D eigenvalue weighted by Gasteiger charge is -2.32. The molecule has 0 aliphatic carbocycles. The molecular formula is C36H36BrNO6. The minimum atomic E-state index is -2.04. The molecule has 1 N–H and O–H groups in total. The fraction of sp³-hybridized carbons (Fsp3) is 0.306. The van der Waals surface area contributed by atoms with Gasteiger partial charge in [-0.1, -0.05) is 89.6 Å². The highest BCUT2D eigenvalue weighted by Gasteiger charge is 2.68. The molecule has 0 amide bonds. The van der Waals surface area contributed by atoms with E-state index >= 15 is 0 Å². The molecule has 2 atom stereocenters. The Labute approximate surface area is 265 Å². The number of rotatable bonds is 9. The molecule has 1 saturated heterocycles. The maximum atomic E-state index is 14.6. The Kier molecular flexibility index (Phi) is 9.23. The monoisotopic (exact) mass is 657 g/mol. The standard InChI is InChI=1S/C36H36BrNO6/c1-5-12-30-35(4,32(39)44-22-29-27-15-10-8-13-24(27)21-25-14-9-11-16-28(25)29)31(23-17-19-26(37)20-18-23)38-36(30,33(40)42-6-2)34(41)43-7-3/h8-21,31,38H,5-7,22H2,1-4H3/b30-12-. The molecule has 1 aliphatic heterocycles. The van der Waals surface area contributed by atoms with Gasteiger partial charge in [0.1, 0.15) is 12.0 Å². The third-order valence-corrected chi connectivity index (χ3v) is 8.86. The molecule has 1 heterocycles. The Bertz CT molecular complexity index is 1680. The van der Waals surface area contributed by atoms with Crippen LogP contribution in [0.3, 0.4) is 0 Å². The van der Waals surface area contributed by atoms with E-state index in [9.17, 15) is 14.4 Å². The molecule has 1 fully saturated rings. The zero-order valence-corrected chi connectivity index (χ0v) is 26.9. The second-order valence-corrected chi connectivity index (χ2v) is 11.8. The van der Waals surface area contributed by atoms with Crippen molar-refractivity contribution in [3.05, 3.63) is 106 Å². The van der Waals surface area contributed by atoms with Crippen molar-refractivity contribution < 1.29 is 28.6 Å². The van der Waals surface area contributed by atoms with Crippen LogP contribution in [-0.2, 0) is 35.2 Å². The Morgan fingerprint density at radius 3 is 1.86 bits per heavy atom. The van der Waals surface area contributed by atoms with Crippen LogP contribution in [0, 0.1) is 5.41 Å². The van der Waals surface area contributed by atoms with Gasteiger partial charge in [0.25, 0.3) is 0 Å². The molecule has 8 heteroatoms. The lowest BCUT2D eigenvalue weighted by molar-refractivity contribution is -0.163. The van der Waals surface area contributed by atoms with Crippen LogP contribution in [-0.4, -0.2) is 36.7 Å². The van der Waals surface area contributed by atoms with Crippen molar-refractivity contribution in [2.24, 2.45) is 5.41 Å². The summed E-state index contributed by atoms with van der Waals surface area (Å²) < 4.78 is 18.0. The van der Waals surface area contributed by atoms with Gasteiger partial charge in [-0.05, 0) is 78.1 Å². The van der Waals surface area contributed by atoms with Crippen LogP contribution in [0.25, 0.3) is 21.5 Å². The number of hydrogen-bond donors (Lipinski definition) is 1. The number of carbonyl (C=O) groups excluding carboxylic acids is 3. The molecule has 0 saturated carbocycles. The van der Waals surface area contributed by atoms with Crippen molar-refractivity contribution in [1.82, 2.24) is 5.32 Å². The number of esters is 3. The first-order valence-electron chi connectivity index (χ1n) is 14.9. The van der Waals surface area contributed by atoms with Crippen molar-refractivity contribution >= 4 is 55.4 Å². The molecule has 44 heavy (non-hydrogen) atoms. The average molecular weight is 659 g/mol. The Morgan fingerprint density at radius 2 is 1.34 bits per heavy atom. The van der Waals surface area contributed by atoms with E-state index in [1.54, 1.807) is 26.8 Å². The molecule has 228 valence electrons. The highest BCUT2D eigenvalue weighted by molar-refractivity contribution is 9.10. The van der Waals surface area contributed by atoms with Crippen LogP contribution in [0.5, 0.6) is 0 Å². The molecule has 0 aromatic heterocycles. The Morgan fingerprint density at radius 1 is 0.795 bits per heavy atom. The fourth-order valence-corrected chi connectivity index (χ4v) is 6.57. The molecule has 4 aromatic rings. The summed E-state index contributed by atoms with van der Waals surface area (Å²) in [6, 6.07) is 24.7. The minimum Gasteiger partial charge on any atom is -0.464 e. The Balaban J connectivity index is 1.66. The minimum absolute atomic E-state index is 0.00539. The van der Waals surface area contributed by atoms with Crippen molar-refractivity contribution in [3.8, 4) is 0 Å². The van der Waals surface area contributed by atoms with E-state index in [-0.39, 0.29) is 25.4 Å². The van der Waals surface area contributed by atoms with Gasteiger partial charge in [0.2, 0.25) is 5.54 Å². The number of hydrogen-bond acceptors (Lipinski definition) is 7. The summed E-state index contributed by atoms with van der Waals surface area (Å²) >= 11 is 3.48. The number of benzene rings is 4. The second kappa shape index (κ2) is 12.9. The van der Waals surface area contributed by atoms with Gasteiger partial charge in [-0.2, -0.15) is 0 Å². The van der Waals surface area contributed by atoms with Gasteiger partial charge in [-0.25, -0.2) is 9.59 Å². The summed E-state index contributed by atoms with van der Waals surface area (Å²) in [5.74, 6) is -2.22. The van der Waals surface area contributed by atoms with Crippen LogP contribution in [0.15, 0.2) is 95.0 Å². The lowest BCUT2D eigenvalue weighted by Crippen LogP contribution is -2.57. The maximum Gasteiger partial charge on any atom is 0.342 e. The highest BCUT2D eigenvalue weighted by Crippen LogP contribution is 2.54. The van der Waals surface area contributed by atoms with Crippen molar-refractivity contribution in [3.63, 3.8) is 0 Å². The Hall–Kier alpha value is -4.01. The quantitative estimate of drug-likeness (QED) is 0.0661. The zero-order chi connectivity index (χ0) is 31.5. The topological polar surface area (TPSA) is 90.9 Å². The molecule has 1 aliphatic rings. The van der Waals surface area contributed by atoms with E-state index < -0.39 is 34.9 Å². The van der Waals surface area contributed by atoms with Gasteiger partial charge in [-0.3, -0.25) is 10.1 Å². The summed E-state index contributed by atoms with van der Waals surface area (Å²) in [5, 5.41) is 7.27. The largest absolute Gasteiger partial charge is 0.464 e. The predicted molar refractivity (Wildman–Crippen MR) is 174 cm³/mol. The van der Waals surface area contributed by atoms with Gasteiger partial charge in [0.15, 0.2) is 0 Å². The van der Waals surface area contributed by atoms with Gasteiger partial charge in [0.05, 0.1) is 19.3 Å². The van der Waals surface area contributed by atoms with Crippen LogP contribution < -0.4 is 5.32 Å². The summed E-state index contributed by atoms with van der Waals surface area (Å²) in [7, 11) is 0. The number of nitrogens with one attached hydrogen (secondary N) is 1. The lowest BCUT2D eigenvalue weighted by atomic mass is 9.71. The molecule has 2 unspecified atom stereocenters. The average Bonchev–Trinajstić information content (AvgIpc) is 3.30. The fourth-order valence-electron chi connectivity index (χ4n) is 6.30. The van der Waals surface area contributed by atoms with E-state index in [0.717, 1.165) is 31.6 Å². The van der Waals surface area contributed by atoms with Gasteiger partial charge in [-0.15, -0.1) is 0 Å². The van der Waals surface area contributed by atoms with Crippen LogP contribution in [0.1, 0.15) is 51.3 Å². The molecular weight excluding hydrogens is 622 g/mol. The van der Waals surface area contributed by atoms with Crippen LogP contribution in [0.4, 0.5) is 0 Å². The third kappa shape index (κ3) is 5.30. The number of carbonyl (C=O) groups is 3. The second-order valence-electron chi connectivity index (χ2n) is 10.9. The van der Waals surface area contributed by atoms with Gasteiger partial charge in [0, 0.05) is 10.0 Å². The van der Waals surface area contributed by atoms with E-state index in [1.807, 2.05) is 79.7 Å². The van der Waals surface area contributed by atoms with E-state index in [2.05, 4.69) is 27.3 Å². The third-order valence-electron chi connectivity index (χ3n) is 8.33. The number of allylic oxidation sites excluding steroid dienone is 1. The molecule has 4 aromatic carbocycles. The molecule has 0 spiro atoms. The van der Waals surface area contributed by atoms with E-state index in [1.165, 1.54) is 0 Å². The van der Waals surface area contributed by atoms with Crippen molar-refractivity contribution in [1.29, 1.82) is 0 Å². The summed E-state index contributed by atoms with van der Waals surface area (Å²) in [6.07, 6.45) is 2.19. The molecule has 0 bridgehead atoms. The summed E-state index contributed by atoms with van der Waals surface area (Å²) in [5.41, 5.74) is -1.70. The SMILES string of the molecule is CC/C=C1\C(C(=O)OCC)(C(=O)OCC)NC(c2ccc(Br)cc2)C1(C)C(=O)OCc1c2ccccc2cc2ccccc12. The molecule has 5 rings (SSSR count). The summed E-state index contributed by atoms with van der Waals surface area (Å²) in [6.45, 7) is 7.02. The van der Waals surface area contributed by atoms with E-state index in [4.69, 9.17) is 14.2 Å². The van der Waals surface area contributed by atoms with E-state index in [0.29, 0.717) is 12.0 Å². The molecule has 0 radical (unpaired) electrons. The normalized spacial score (nSPS) is 20.1. The smallest absolute Gasteiger partial charge is 0.342 e. The van der Waals surface area contributed by atoms with Crippen LogP contribution >= 0.6 is 15.9 Å². The first kappa shape index (κ1) is 31.4. The first-order chi connectivity index (χ1) is 21.2. The predicted octanol–water partition coefficient (Wildman–Crippen LogP) is 7.35. The summed E-state index contributed by atoms with van der Waals surface area (Å²) in [4.78, 5) is 42.2. The zero-order valence-electron chi connectivity index (χ0n) is 25.3. The van der Waals surface area contributed by atoms with Crippen molar-refractivity contribution in [2.45, 2.75) is 52.3 Å². The number of fused-ring (bicyclic) bond motifs is 2. The first-order valence-corrected chi connectivity index (χ1v) is 15.7. The maximum absolute atomic E-state index is 14.6. The number of ether oxygens (including phenoxy) is 3. The van der Waals surface area contributed by atoms with Crippen LogP contribution in [0.2, 0.25) is 0 Å². The molecule has 7 nitrogen and oxygen atoms in total. The van der Waals surface area contributed by atoms with Crippen molar-refractivity contribution in [2.75, 3.05) is 13.2 Å². The number of halogens is 1. The highest BCUT2D eigenvalue weighted by atomic mass is 79.9.